The summed E-state index contributed by atoms with van der Waals surface area (Å²) in [6.07, 6.45) is 0. The smallest absolute Gasteiger partial charge is 0.277 e. The van der Waals surface area contributed by atoms with Gasteiger partial charge in [0.05, 0.1) is 0 Å². The van der Waals surface area contributed by atoms with Crippen molar-refractivity contribution in [1.29, 1.82) is 0 Å². The predicted octanol–water partition coefficient (Wildman–Crippen LogP) is 5.02. The van der Waals surface area contributed by atoms with Crippen LogP contribution in [0.4, 0.5) is 0 Å². The van der Waals surface area contributed by atoms with Crippen LogP contribution in [0.1, 0.15) is 0 Å². The predicted molar refractivity (Wildman–Crippen MR) is 56.6 cm³/mol. The third-order valence-corrected chi connectivity index (χ3v) is 4.49. The fourth-order valence-corrected chi connectivity index (χ4v) is 3.78. The van der Waals surface area contributed by atoms with E-state index < -0.39 is 5.05 Å². The van der Waals surface area contributed by atoms with Gasteiger partial charge in [0.15, 0.2) is 0 Å². The van der Waals surface area contributed by atoms with E-state index in [0.717, 1.165) is 16.3 Å². The van der Waals surface area contributed by atoms with Crippen molar-refractivity contribution >= 4 is 50.5 Å². The topological polar surface area (TPSA) is 17.1 Å². The van der Waals surface area contributed by atoms with Gasteiger partial charge in [0.2, 0.25) is 0 Å². The first-order valence-electron chi connectivity index (χ1n) is 2.92. The van der Waals surface area contributed by atoms with Crippen LogP contribution >= 0.6 is 50.5 Å². The first-order chi connectivity index (χ1) is 5.47. The van der Waals surface area contributed by atoms with Crippen LogP contribution in [0.2, 0.25) is 5.02 Å². The van der Waals surface area contributed by atoms with Crippen molar-refractivity contribution in [3.8, 4) is 0 Å². The van der Waals surface area contributed by atoms with Gasteiger partial charge >= 0.3 is 5.05 Å². The normalized spacial score (nSPS) is 11.6. The minimum atomic E-state index is -3.08. The molecule has 0 heterocycles. The summed E-state index contributed by atoms with van der Waals surface area (Å²) in [5.74, 6) is 0. The van der Waals surface area contributed by atoms with Gasteiger partial charge in [-0.25, -0.2) is 0 Å². The van der Waals surface area contributed by atoms with Crippen molar-refractivity contribution in [3.05, 3.63) is 29.3 Å². The molecule has 0 unspecified atom stereocenters. The minimum Gasteiger partial charge on any atom is -0.277 e. The Balaban J connectivity index is 2.78. The molecule has 6 heteroatoms. The highest BCUT2D eigenvalue weighted by atomic mass is 35.9. The van der Waals surface area contributed by atoms with Crippen LogP contribution in [0, 0.1) is 0 Å². The summed E-state index contributed by atoms with van der Waals surface area (Å²) in [7, 11) is 0. The van der Waals surface area contributed by atoms with Crippen molar-refractivity contribution in [1.82, 2.24) is 0 Å². The summed E-state index contributed by atoms with van der Waals surface area (Å²) in [5, 5.41) is -2.46. The number of hydrogen-bond acceptors (Lipinski definition) is 2. The highest BCUT2D eigenvalue weighted by Gasteiger charge is 2.15. The molecular weight excluding hydrogens is 257 g/mol. The van der Waals surface area contributed by atoms with Crippen molar-refractivity contribution in [2.45, 2.75) is 4.90 Å². The monoisotopic (exact) mass is 260 g/mol. The van der Waals surface area contributed by atoms with Gasteiger partial charge in [0.25, 0.3) is 0 Å². The zero-order valence-electron chi connectivity index (χ0n) is 5.71. The summed E-state index contributed by atoms with van der Waals surface area (Å²) in [4.78, 5) is 0.743. The second-order valence-corrected chi connectivity index (χ2v) is 10.5. The summed E-state index contributed by atoms with van der Waals surface area (Å²) in [6, 6.07) is 6.80. The molecule has 0 saturated carbocycles. The Morgan fingerprint density at radius 1 is 1.17 bits per heavy atom. The van der Waals surface area contributed by atoms with Crippen LogP contribution in [0.15, 0.2) is 29.2 Å². The van der Waals surface area contributed by atoms with E-state index in [1.54, 1.807) is 24.3 Å². The van der Waals surface area contributed by atoms with Gasteiger partial charge in [-0.05, 0) is 58.1 Å². The van der Waals surface area contributed by atoms with Gasteiger partial charge in [-0.3, -0.25) is 4.57 Å². The Hall–Kier alpha value is 0.670. The molecule has 0 aliphatic carbocycles. The van der Waals surface area contributed by atoms with Crippen molar-refractivity contribution in [2.24, 2.45) is 0 Å². The lowest BCUT2D eigenvalue weighted by Crippen LogP contribution is -1.66. The number of benzene rings is 1. The molecule has 66 valence electrons. The molecule has 0 amide bonds. The molecule has 0 fully saturated rings. The molecule has 0 aliphatic heterocycles. The largest absolute Gasteiger partial charge is 0.311 e. The van der Waals surface area contributed by atoms with Gasteiger partial charge in [0, 0.05) is 9.92 Å². The maximum atomic E-state index is 10.9. The van der Waals surface area contributed by atoms with Crippen LogP contribution in [-0.4, -0.2) is 0 Å². The first kappa shape index (κ1) is 10.7. The molecular formula is C6H4Cl3OPS. The molecule has 1 rings (SSSR count). The Labute approximate surface area is 89.1 Å². The van der Waals surface area contributed by atoms with E-state index >= 15 is 0 Å². The van der Waals surface area contributed by atoms with E-state index in [-0.39, 0.29) is 0 Å². The second-order valence-electron chi connectivity index (χ2n) is 1.96. The highest BCUT2D eigenvalue weighted by molar-refractivity contribution is 8.72. The first-order valence-corrected chi connectivity index (χ1v) is 8.23. The average Bonchev–Trinajstić information content (AvgIpc) is 1.91. The third kappa shape index (κ3) is 4.06. The van der Waals surface area contributed by atoms with Crippen LogP contribution < -0.4 is 0 Å². The Morgan fingerprint density at radius 2 is 1.67 bits per heavy atom. The fourth-order valence-electron chi connectivity index (χ4n) is 0.618. The number of halogens is 3. The zero-order valence-corrected chi connectivity index (χ0v) is 9.69. The lowest BCUT2D eigenvalue weighted by atomic mass is 10.4. The molecule has 0 atom stereocenters. The maximum Gasteiger partial charge on any atom is 0.311 e. The summed E-state index contributed by atoms with van der Waals surface area (Å²) in [6.45, 7) is 0. The molecule has 0 radical (unpaired) electrons. The van der Waals surface area contributed by atoms with Gasteiger partial charge in [-0.1, -0.05) is 11.6 Å². The van der Waals surface area contributed by atoms with Gasteiger partial charge in [-0.2, -0.15) is 0 Å². The standard InChI is InChI=1S/C6H4Cl3OPS/c7-5-1-3-6(4-2-5)12-11(8,9)10/h1-4H. The Morgan fingerprint density at radius 3 is 2.08 bits per heavy atom. The van der Waals surface area contributed by atoms with E-state index in [9.17, 15) is 4.57 Å². The van der Waals surface area contributed by atoms with Gasteiger partial charge in [0.1, 0.15) is 0 Å². The van der Waals surface area contributed by atoms with Gasteiger partial charge in [-0.15, -0.1) is 0 Å². The van der Waals surface area contributed by atoms with Crippen molar-refractivity contribution in [3.63, 3.8) is 0 Å². The molecule has 0 saturated heterocycles. The number of hydrogen-bond donors (Lipinski definition) is 0. The SMILES string of the molecule is O=P(Cl)(Cl)Sc1ccc(Cl)cc1. The molecule has 1 aromatic rings. The van der Waals surface area contributed by atoms with E-state index in [2.05, 4.69) is 0 Å². The third-order valence-electron chi connectivity index (χ3n) is 1.03. The van der Waals surface area contributed by atoms with E-state index in [1.807, 2.05) is 0 Å². The van der Waals surface area contributed by atoms with Crippen LogP contribution in [0.5, 0.6) is 0 Å². The minimum absolute atomic E-state index is 0.623. The van der Waals surface area contributed by atoms with E-state index in [1.165, 1.54) is 0 Å². The molecule has 0 aliphatic rings. The molecule has 0 spiro atoms. The van der Waals surface area contributed by atoms with Crippen LogP contribution in [-0.2, 0) is 4.57 Å². The zero-order chi connectivity index (χ0) is 9.19. The second kappa shape index (κ2) is 4.26. The molecule has 1 aromatic carbocycles. The summed E-state index contributed by atoms with van der Waals surface area (Å²) < 4.78 is 10.9. The fraction of sp³-hybridized carbons (Fsp3) is 0. The number of rotatable bonds is 2. The molecule has 1 nitrogen and oxygen atoms in total. The van der Waals surface area contributed by atoms with Crippen molar-refractivity contribution in [2.75, 3.05) is 0 Å². The quantitative estimate of drug-likeness (QED) is 0.695. The Kier molecular flexibility index (Phi) is 3.81. The maximum absolute atomic E-state index is 10.9. The lowest BCUT2D eigenvalue weighted by Gasteiger charge is -2.00. The summed E-state index contributed by atoms with van der Waals surface area (Å²) in [5.41, 5.74) is 0. The molecule has 12 heavy (non-hydrogen) atoms. The van der Waals surface area contributed by atoms with Crippen LogP contribution in [0.25, 0.3) is 0 Å². The molecule has 0 aromatic heterocycles. The van der Waals surface area contributed by atoms with E-state index in [4.69, 9.17) is 34.1 Å². The van der Waals surface area contributed by atoms with Gasteiger partial charge < -0.3 is 0 Å². The summed E-state index contributed by atoms with van der Waals surface area (Å²) >= 11 is 17.3. The van der Waals surface area contributed by atoms with Crippen LogP contribution in [0.3, 0.4) is 0 Å². The van der Waals surface area contributed by atoms with Crippen molar-refractivity contribution < 1.29 is 4.57 Å². The lowest BCUT2D eigenvalue weighted by molar-refractivity contribution is 0.600. The molecule has 0 N–H and O–H groups in total. The molecule has 0 bridgehead atoms. The highest BCUT2D eigenvalue weighted by Crippen LogP contribution is 2.70. The Bertz CT molecular complexity index is 307. The van der Waals surface area contributed by atoms with E-state index in [0.29, 0.717) is 5.02 Å². The average molecular weight is 261 g/mol.